The monoisotopic (exact) mass is 204 g/mol. The fraction of sp³-hybridized carbons (Fsp3) is 0.417. The van der Waals surface area contributed by atoms with Crippen LogP contribution in [0.4, 0.5) is 5.69 Å². The van der Waals surface area contributed by atoms with E-state index in [4.69, 9.17) is 5.73 Å². The number of rotatable bonds is 3. The second-order valence-corrected chi connectivity index (χ2v) is 4.14. The van der Waals surface area contributed by atoms with Gasteiger partial charge in [0.05, 0.1) is 0 Å². The van der Waals surface area contributed by atoms with Crippen LogP contribution in [0.2, 0.25) is 0 Å². The SMILES string of the molecule is CC(=O)Nc1cccc([C@@H]2C[C@H]2CN)c1. The van der Waals surface area contributed by atoms with Crippen LogP contribution in [0.1, 0.15) is 24.8 Å². The van der Waals surface area contributed by atoms with E-state index in [-0.39, 0.29) is 5.91 Å². The lowest BCUT2D eigenvalue weighted by Gasteiger charge is -2.04. The molecule has 1 aromatic carbocycles. The Kier molecular flexibility index (Phi) is 2.73. The fourth-order valence-corrected chi connectivity index (χ4v) is 1.97. The Morgan fingerprint density at radius 3 is 3.00 bits per heavy atom. The number of carbonyl (C=O) groups excluding carboxylic acids is 1. The molecule has 1 aliphatic carbocycles. The first-order valence-electron chi connectivity index (χ1n) is 5.28. The average molecular weight is 204 g/mol. The molecule has 1 fully saturated rings. The van der Waals surface area contributed by atoms with Gasteiger partial charge in [-0.1, -0.05) is 12.1 Å². The van der Waals surface area contributed by atoms with Crippen LogP contribution in [0, 0.1) is 5.92 Å². The number of anilines is 1. The Balaban J connectivity index is 2.10. The predicted octanol–water partition coefficient (Wildman–Crippen LogP) is 1.71. The first-order chi connectivity index (χ1) is 7.20. The largest absolute Gasteiger partial charge is 0.330 e. The number of hydrogen-bond acceptors (Lipinski definition) is 2. The summed E-state index contributed by atoms with van der Waals surface area (Å²) in [5.74, 6) is 1.21. The molecule has 15 heavy (non-hydrogen) atoms. The van der Waals surface area contributed by atoms with Gasteiger partial charge in [-0.3, -0.25) is 4.79 Å². The molecule has 2 atom stereocenters. The highest BCUT2D eigenvalue weighted by atomic mass is 16.1. The summed E-state index contributed by atoms with van der Waals surface area (Å²) >= 11 is 0. The topological polar surface area (TPSA) is 55.1 Å². The first-order valence-corrected chi connectivity index (χ1v) is 5.28. The van der Waals surface area contributed by atoms with E-state index in [0.717, 1.165) is 12.2 Å². The van der Waals surface area contributed by atoms with Crippen LogP contribution in [0.25, 0.3) is 0 Å². The number of benzene rings is 1. The minimum Gasteiger partial charge on any atom is -0.330 e. The van der Waals surface area contributed by atoms with E-state index in [0.29, 0.717) is 11.8 Å². The molecule has 3 N–H and O–H groups in total. The molecule has 80 valence electrons. The summed E-state index contributed by atoms with van der Waals surface area (Å²) in [6, 6.07) is 8.03. The van der Waals surface area contributed by atoms with Crippen molar-refractivity contribution in [1.82, 2.24) is 0 Å². The second kappa shape index (κ2) is 4.03. The van der Waals surface area contributed by atoms with Crippen LogP contribution in [-0.4, -0.2) is 12.5 Å². The molecule has 0 unspecified atom stereocenters. The van der Waals surface area contributed by atoms with Crippen molar-refractivity contribution in [2.45, 2.75) is 19.3 Å². The number of hydrogen-bond donors (Lipinski definition) is 2. The summed E-state index contributed by atoms with van der Waals surface area (Å²) < 4.78 is 0. The fourth-order valence-electron chi connectivity index (χ4n) is 1.97. The highest BCUT2D eigenvalue weighted by Crippen LogP contribution is 2.46. The van der Waals surface area contributed by atoms with Gasteiger partial charge in [0, 0.05) is 12.6 Å². The summed E-state index contributed by atoms with van der Waals surface area (Å²) in [4.78, 5) is 10.9. The van der Waals surface area contributed by atoms with Crippen molar-refractivity contribution in [3.05, 3.63) is 29.8 Å². The van der Waals surface area contributed by atoms with Gasteiger partial charge in [0.1, 0.15) is 0 Å². The molecule has 0 radical (unpaired) electrons. The van der Waals surface area contributed by atoms with Gasteiger partial charge >= 0.3 is 0 Å². The molecule has 1 amide bonds. The van der Waals surface area contributed by atoms with Gasteiger partial charge in [0.15, 0.2) is 0 Å². The van der Waals surface area contributed by atoms with Gasteiger partial charge < -0.3 is 11.1 Å². The first kappa shape index (κ1) is 10.2. The summed E-state index contributed by atoms with van der Waals surface area (Å²) in [5, 5.41) is 2.79. The molecule has 0 heterocycles. The van der Waals surface area contributed by atoms with Crippen molar-refractivity contribution in [3.8, 4) is 0 Å². The second-order valence-electron chi connectivity index (χ2n) is 4.14. The van der Waals surface area contributed by atoms with Crippen molar-refractivity contribution < 1.29 is 4.79 Å². The molecule has 1 aromatic rings. The molecular weight excluding hydrogens is 188 g/mol. The standard InChI is InChI=1S/C12H16N2O/c1-8(15)14-11-4-2-3-9(5-11)12-6-10(12)7-13/h2-5,10,12H,6-7,13H2,1H3,(H,14,15)/t10-,12-/m0/s1. The summed E-state index contributed by atoms with van der Waals surface area (Å²) in [7, 11) is 0. The Morgan fingerprint density at radius 1 is 1.60 bits per heavy atom. The van der Waals surface area contributed by atoms with Gasteiger partial charge in [0.2, 0.25) is 5.91 Å². The molecule has 1 saturated carbocycles. The van der Waals surface area contributed by atoms with Crippen LogP contribution >= 0.6 is 0 Å². The predicted molar refractivity (Wildman–Crippen MR) is 60.6 cm³/mol. The van der Waals surface area contributed by atoms with E-state index >= 15 is 0 Å². The van der Waals surface area contributed by atoms with E-state index in [2.05, 4.69) is 11.4 Å². The number of nitrogens with one attached hydrogen (secondary N) is 1. The van der Waals surface area contributed by atoms with E-state index in [1.54, 1.807) is 0 Å². The molecule has 3 nitrogen and oxygen atoms in total. The summed E-state index contributed by atoms with van der Waals surface area (Å²) in [6.45, 7) is 2.28. The van der Waals surface area contributed by atoms with Crippen molar-refractivity contribution in [1.29, 1.82) is 0 Å². The Hall–Kier alpha value is -1.35. The number of nitrogens with two attached hydrogens (primary N) is 1. The van der Waals surface area contributed by atoms with Crippen molar-refractivity contribution in [2.24, 2.45) is 11.7 Å². The minimum atomic E-state index is -0.0293. The molecule has 0 saturated heterocycles. The quantitative estimate of drug-likeness (QED) is 0.787. The van der Waals surface area contributed by atoms with Crippen LogP contribution in [0.3, 0.4) is 0 Å². The number of amides is 1. The van der Waals surface area contributed by atoms with Crippen LogP contribution < -0.4 is 11.1 Å². The third-order valence-electron chi connectivity index (χ3n) is 2.86. The Labute approximate surface area is 89.7 Å². The van der Waals surface area contributed by atoms with Gasteiger partial charge in [-0.25, -0.2) is 0 Å². The van der Waals surface area contributed by atoms with Crippen molar-refractivity contribution in [2.75, 3.05) is 11.9 Å². The maximum Gasteiger partial charge on any atom is 0.221 e. The smallest absolute Gasteiger partial charge is 0.221 e. The lowest BCUT2D eigenvalue weighted by atomic mass is 10.1. The molecular formula is C12H16N2O. The third kappa shape index (κ3) is 2.36. The zero-order valence-corrected chi connectivity index (χ0v) is 8.86. The molecule has 1 aliphatic rings. The van der Waals surface area contributed by atoms with Crippen LogP contribution in [0.5, 0.6) is 0 Å². The summed E-state index contributed by atoms with van der Waals surface area (Å²) in [5.41, 5.74) is 7.78. The lowest BCUT2D eigenvalue weighted by Crippen LogP contribution is -2.06. The van der Waals surface area contributed by atoms with Gasteiger partial charge in [-0.15, -0.1) is 0 Å². The van der Waals surface area contributed by atoms with Gasteiger partial charge in [-0.2, -0.15) is 0 Å². The van der Waals surface area contributed by atoms with Crippen LogP contribution in [-0.2, 0) is 4.79 Å². The molecule has 0 bridgehead atoms. The normalized spacial score (nSPS) is 23.6. The van der Waals surface area contributed by atoms with E-state index < -0.39 is 0 Å². The van der Waals surface area contributed by atoms with Crippen LogP contribution in [0.15, 0.2) is 24.3 Å². The minimum absolute atomic E-state index is 0.0293. The molecule has 2 rings (SSSR count). The Bertz CT molecular complexity index is 376. The van der Waals surface area contributed by atoms with Crippen molar-refractivity contribution >= 4 is 11.6 Å². The average Bonchev–Trinajstić information content (AvgIpc) is 2.96. The lowest BCUT2D eigenvalue weighted by molar-refractivity contribution is -0.114. The van der Waals surface area contributed by atoms with E-state index in [1.165, 1.54) is 18.9 Å². The van der Waals surface area contributed by atoms with Crippen molar-refractivity contribution in [3.63, 3.8) is 0 Å². The van der Waals surface area contributed by atoms with Gasteiger partial charge in [0.25, 0.3) is 0 Å². The zero-order chi connectivity index (χ0) is 10.8. The highest BCUT2D eigenvalue weighted by molar-refractivity contribution is 5.88. The molecule has 0 aliphatic heterocycles. The Morgan fingerprint density at radius 2 is 2.40 bits per heavy atom. The summed E-state index contributed by atoms with van der Waals surface area (Å²) in [6.07, 6.45) is 1.18. The molecule has 3 heteroatoms. The third-order valence-corrected chi connectivity index (χ3v) is 2.86. The molecule has 0 spiro atoms. The maximum atomic E-state index is 10.9. The van der Waals surface area contributed by atoms with E-state index in [9.17, 15) is 4.79 Å². The van der Waals surface area contributed by atoms with Gasteiger partial charge in [-0.05, 0) is 42.5 Å². The number of carbonyl (C=O) groups is 1. The van der Waals surface area contributed by atoms with E-state index in [1.807, 2.05) is 18.2 Å². The zero-order valence-electron chi connectivity index (χ0n) is 8.86. The molecule has 0 aromatic heterocycles. The maximum absolute atomic E-state index is 10.9. The highest BCUT2D eigenvalue weighted by Gasteiger charge is 2.36.